The lowest BCUT2D eigenvalue weighted by Gasteiger charge is -2.28. The smallest absolute Gasteiger partial charge is 0.336 e. The zero-order valence-electron chi connectivity index (χ0n) is 11.3. The summed E-state index contributed by atoms with van der Waals surface area (Å²) in [5.41, 5.74) is 0.0642. The lowest BCUT2D eigenvalue weighted by atomic mass is 10.3. The summed E-state index contributed by atoms with van der Waals surface area (Å²) in [6.45, 7) is 1.50. The Morgan fingerprint density at radius 1 is 1.27 bits per heavy atom. The van der Waals surface area contributed by atoms with Gasteiger partial charge in [0.05, 0.1) is 17.3 Å². The number of nitrogens with zero attached hydrogens (tertiary/aromatic N) is 1. The number of furan rings is 1. The number of nitrogens with one attached hydrogen (secondary N) is 1. The lowest BCUT2D eigenvalue weighted by molar-refractivity contribution is 0.231. The van der Waals surface area contributed by atoms with Crippen molar-refractivity contribution in [2.75, 3.05) is 5.32 Å². The van der Waals surface area contributed by atoms with Crippen molar-refractivity contribution in [3.63, 3.8) is 0 Å². The molecule has 116 valence electrons. The Hall–Kier alpha value is -1.70. The van der Waals surface area contributed by atoms with Crippen molar-refractivity contribution in [2.45, 2.75) is 18.4 Å². The van der Waals surface area contributed by atoms with Gasteiger partial charge >= 0.3 is 6.03 Å². The van der Waals surface area contributed by atoms with Crippen LogP contribution in [-0.4, -0.2) is 18.8 Å². The van der Waals surface area contributed by atoms with Gasteiger partial charge in [-0.2, -0.15) is 0 Å². The van der Waals surface area contributed by atoms with Gasteiger partial charge in [0.1, 0.15) is 16.4 Å². The molecule has 2 amide bonds. The van der Waals surface area contributed by atoms with E-state index < -0.39 is 16.1 Å². The van der Waals surface area contributed by atoms with Gasteiger partial charge in [0, 0.05) is 5.02 Å². The molecule has 2 aromatic rings. The van der Waals surface area contributed by atoms with Crippen LogP contribution in [0.5, 0.6) is 0 Å². The fourth-order valence-electron chi connectivity index (χ4n) is 2.18. The number of carbonyl (C=O) groups excluding carboxylic acids is 1. The predicted octanol–water partition coefficient (Wildman–Crippen LogP) is 3.63. The van der Waals surface area contributed by atoms with Crippen molar-refractivity contribution in [3.8, 4) is 0 Å². The fraction of sp³-hybridized carbons (Fsp3) is 0.154. The van der Waals surface area contributed by atoms with Gasteiger partial charge in [-0.3, -0.25) is 0 Å². The third-order valence-electron chi connectivity index (χ3n) is 3.12. The second-order valence-electron chi connectivity index (χ2n) is 4.72. The maximum absolute atomic E-state index is 12.7. The average molecular weight is 361 g/mol. The topological polar surface area (TPSA) is 79.6 Å². The number of halogens is 2. The number of aryl methyl sites for hydroxylation is 1. The second-order valence-corrected chi connectivity index (χ2v) is 7.36. The molecule has 0 atom stereocenters. The van der Waals surface area contributed by atoms with Crippen LogP contribution in [-0.2, 0) is 16.6 Å². The molecule has 6 nitrogen and oxygen atoms in total. The van der Waals surface area contributed by atoms with Gasteiger partial charge in [-0.1, -0.05) is 23.2 Å². The Morgan fingerprint density at radius 2 is 2.00 bits per heavy atom. The number of rotatable bonds is 2. The lowest BCUT2D eigenvalue weighted by Crippen LogP contribution is -2.43. The summed E-state index contributed by atoms with van der Waals surface area (Å²) < 4.78 is 31.3. The quantitative estimate of drug-likeness (QED) is 0.886. The number of amides is 2. The van der Waals surface area contributed by atoms with E-state index in [4.69, 9.17) is 27.6 Å². The maximum atomic E-state index is 12.7. The molecule has 9 heteroatoms. The van der Waals surface area contributed by atoms with E-state index in [0.717, 1.165) is 0 Å². The molecule has 1 aromatic carbocycles. The summed E-state index contributed by atoms with van der Waals surface area (Å²) >= 11 is 11.8. The van der Waals surface area contributed by atoms with Crippen molar-refractivity contribution < 1.29 is 17.6 Å². The molecule has 0 unspecified atom stereocenters. The molecule has 0 fully saturated rings. The molecule has 0 saturated heterocycles. The highest BCUT2D eigenvalue weighted by atomic mass is 35.5. The van der Waals surface area contributed by atoms with Crippen molar-refractivity contribution in [1.82, 2.24) is 4.31 Å². The minimum Gasteiger partial charge on any atom is -0.464 e. The Bertz CT molecular complexity index is 876. The van der Waals surface area contributed by atoms with Crippen LogP contribution in [0.15, 0.2) is 33.6 Å². The predicted molar refractivity (Wildman–Crippen MR) is 81.7 cm³/mol. The first-order chi connectivity index (χ1) is 10.3. The van der Waals surface area contributed by atoms with Crippen LogP contribution in [0.4, 0.5) is 10.5 Å². The van der Waals surface area contributed by atoms with Crippen molar-refractivity contribution >= 4 is 44.9 Å². The largest absolute Gasteiger partial charge is 0.464 e. The number of anilines is 1. The van der Waals surface area contributed by atoms with Crippen molar-refractivity contribution in [3.05, 3.63) is 45.8 Å². The van der Waals surface area contributed by atoms with Gasteiger partial charge in [-0.05, 0) is 31.2 Å². The zero-order valence-corrected chi connectivity index (χ0v) is 13.6. The molecular weight excluding hydrogens is 351 g/mol. The van der Waals surface area contributed by atoms with Crippen LogP contribution in [0.25, 0.3) is 0 Å². The Labute approximate surface area is 136 Å². The molecule has 0 aliphatic carbocycles. The van der Waals surface area contributed by atoms with Gasteiger partial charge < -0.3 is 9.73 Å². The Kier molecular flexibility index (Phi) is 3.58. The average Bonchev–Trinajstić information content (AvgIpc) is 2.78. The molecular formula is C13H10Cl2N2O4S. The highest BCUT2D eigenvalue weighted by molar-refractivity contribution is 7.90. The van der Waals surface area contributed by atoms with Gasteiger partial charge in [0.15, 0.2) is 0 Å². The number of sulfonamides is 1. The normalized spacial score (nSPS) is 16.3. The van der Waals surface area contributed by atoms with E-state index in [-0.39, 0.29) is 27.2 Å². The van der Waals surface area contributed by atoms with Crippen LogP contribution in [0.1, 0.15) is 11.5 Å². The summed E-state index contributed by atoms with van der Waals surface area (Å²) in [6, 6.07) is 5.15. The number of hydrogen-bond donors (Lipinski definition) is 1. The monoisotopic (exact) mass is 360 g/mol. The van der Waals surface area contributed by atoms with E-state index in [1.807, 2.05) is 0 Å². The second kappa shape index (κ2) is 5.19. The first-order valence-corrected chi connectivity index (χ1v) is 8.37. The van der Waals surface area contributed by atoms with Crippen LogP contribution in [0, 0.1) is 6.92 Å². The number of fused-ring (bicyclic) bond motifs is 1. The minimum atomic E-state index is -4.10. The highest BCUT2D eigenvalue weighted by Gasteiger charge is 2.39. The number of carbonyl (C=O) groups is 1. The summed E-state index contributed by atoms with van der Waals surface area (Å²) in [7, 11) is -4.10. The molecule has 1 aliphatic heterocycles. The number of hydrogen-bond acceptors (Lipinski definition) is 4. The summed E-state index contributed by atoms with van der Waals surface area (Å²) in [6.07, 6.45) is 0. The molecule has 0 bridgehead atoms. The van der Waals surface area contributed by atoms with E-state index >= 15 is 0 Å². The van der Waals surface area contributed by atoms with Gasteiger partial charge in [-0.25, -0.2) is 17.5 Å². The molecule has 22 heavy (non-hydrogen) atoms. The molecule has 3 rings (SSSR count). The van der Waals surface area contributed by atoms with Gasteiger partial charge in [0.25, 0.3) is 10.0 Å². The Morgan fingerprint density at radius 3 is 2.64 bits per heavy atom. The third kappa shape index (κ3) is 2.45. The van der Waals surface area contributed by atoms with Crippen LogP contribution >= 0.6 is 23.2 Å². The van der Waals surface area contributed by atoms with E-state index in [1.165, 1.54) is 12.1 Å². The first-order valence-electron chi connectivity index (χ1n) is 6.17. The van der Waals surface area contributed by atoms with E-state index in [9.17, 15) is 13.2 Å². The van der Waals surface area contributed by atoms with E-state index in [2.05, 4.69) is 5.32 Å². The molecule has 0 spiro atoms. The van der Waals surface area contributed by atoms with Crippen LogP contribution in [0.2, 0.25) is 10.0 Å². The van der Waals surface area contributed by atoms with Crippen LogP contribution in [0.3, 0.4) is 0 Å². The molecule has 1 aliphatic rings. The fourth-order valence-corrected chi connectivity index (χ4v) is 4.44. The first kappa shape index (κ1) is 15.2. The molecule has 0 radical (unpaired) electrons. The van der Waals surface area contributed by atoms with Crippen molar-refractivity contribution in [1.29, 1.82) is 0 Å². The van der Waals surface area contributed by atoms with Crippen LogP contribution < -0.4 is 5.32 Å². The molecule has 2 heterocycles. The Balaban J connectivity index is 2.08. The van der Waals surface area contributed by atoms with Gasteiger partial charge in [0.2, 0.25) is 0 Å². The zero-order chi connectivity index (χ0) is 16.1. The minimum absolute atomic E-state index is 0.0527. The van der Waals surface area contributed by atoms with Crippen molar-refractivity contribution in [2.24, 2.45) is 0 Å². The summed E-state index contributed by atoms with van der Waals surface area (Å²) in [5.74, 6) is 0.972. The number of urea groups is 1. The van der Waals surface area contributed by atoms with E-state index in [0.29, 0.717) is 15.8 Å². The summed E-state index contributed by atoms with van der Waals surface area (Å²) in [5, 5.41) is 2.65. The highest BCUT2D eigenvalue weighted by Crippen LogP contribution is 2.38. The molecule has 1 aromatic heterocycles. The third-order valence-corrected chi connectivity index (χ3v) is 5.58. The SMILES string of the molecule is Cc1ccc(CN2C(=O)Nc3cc(Cl)cc(Cl)c3S2(=O)=O)o1. The maximum Gasteiger partial charge on any atom is 0.336 e. The van der Waals surface area contributed by atoms with Gasteiger partial charge in [-0.15, -0.1) is 0 Å². The summed E-state index contributed by atoms with van der Waals surface area (Å²) in [4.78, 5) is 11.9. The number of benzene rings is 1. The molecule has 0 saturated carbocycles. The molecule has 1 N–H and O–H groups in total. The standard InChI is InChI=1S/C13H10Cl2N2O4S/c1-7-2-3-9(21-7)6-17-13(18)16-11-5-8(14)4-10(15)12(11)22(17,19)20/h2-5H,6H2,1H3,(H,16,18). The van der Waals surface area contributed by atoms with E-state index in [1.54, 1.807) is 19.1 Å².